The number of aryl methyl sites for hydroxylation is 1. The van der Waals surface area contributed by atoms with Crippen LogP contribution in [0.5, 0.6) is 0 Å². The predicted molar refractivity (Wildman–Crippen MR) is 105 cm³/mol. The van der Waals surface area contributed by atoms with E-state index in [1.807, 2.05) is 31.2 Å². The molecule has 4 rings (SSSR count). The van der Waals surface area contributed by atoms with E-state index in [-0.39, 0.29) is 24.9 Å². The summed E-state index contributed by atoms with van der Waals surface area (Å²) in [7, 11) is 0. The third kappa shape index (κ3) is 3.24. The second kappa shape index (κ2) is 6.95. The van der Waals surface area contributed by atoms with Crippen LogP contribution in [-0.4, -0.2) is 46.3 Å². The highest BCUT2D eigenvalue weighted by atomic mass is 35.5. The molecular formula is C21H20ClN3O3. The molecule has 2 heterocycles. The third-order valence-corrected chi connectivity index (χ3v) is 5.61. The molecule has 4 amide bonds. The van der Waals surface area contributed by atoms with Crippen molar-refractivity contribution in [3.63, 3.8) is 0 Å². The fourth-order valence-electron chi connectivity index (χ4n) is 3.73. The lowest BCUT2D eigenvalue weighted by molar-refractivity contribution is -0.131. The molecule has 6 nitrogen and oxygen atoms in total. The molecule has 2 saturated heterocycles. The summed E-state index contributed by atoms with van der Waals surface area (Å²) in [5.74, 6) is -0.447. The van der Waals surface area contributed by atoms with Gasteiger partial charge in [0.05, 0.1) is 13.1 Å². The fraction of sp³-hybridized carbons (Fsp3) is 0.286. The zero-order chi connectivity index (χ0) is 19.9. The lowest BCUT2D eigenvalue weighted by atomic mass is 9.99. The number of amides is 4. The first-order valence-electron chi connectivity index (χ1n) is 9.12. The molecule has 2 aliphatic rings. The van der Waals surface area contributed by atoms with Gasteiger partial charge in [0.15, 0.2) is 0 Å². The number of hydrogen-bond donors (Lipinski definition) is 1. The zero-order valence-corrected chi connectivity index (χ0v) is 16.2. The highest BCUT2D eigenvalue weighted by molar-refractivity contribution is 6.30. The molecule has 0 radical (unpaired) electrons. The maximum atomic E-state index is 13.0. The Morgan fingerprint density at radius 3 is 2.46 bits per heavy atom. The lowest BCUT2D eigenvalue weighted by Gasteiger charge is -2.22. The molecule has 2 fully saturated rings. The molecule has 0 unspecified atom stereocenters. The Morgan fingerprint density at radius 1 is 1.11 bits per heavy atom. The van der Waals surface area contributed by atoms with Crippen molar-refractivity contribution in [1.29, 1.82) is 0 Å². The molecule has 28 heavy (non-hydrogen) atoms. The van der Waals surface area contributed by atoms with Gasteiger partial charge in [-0.2, -0.15) is 0 Å². The quantitative estimate of drug-likeness (QED) is 0.809. The van der Waals surface area contributed by atoms with Gasteiger partial charge < -0.3 is 10.2 Å². The van der Waals surface area contributed by atoms with E-state index in [1.165, 1.54) is 4.90 Å². The average Bonchev–Trinajstić information content (AvgIpc) is 3.20. The van der Waals surface area contributed by atoms with Crippen LogP contribution in [0.3, 0.4) is 0 Å². The summed E-state index contributed by atoms with van der Waals surface area (Å²) < 4.78 is 0. The van der Waals surface area contributed by atoms with Crippen molar-refractivity contribution >= 4 is 29.4 Å². The van der Waals surface area contributed by atoms with Gasteiger partial charge in [-0.15, -0.1) is 0 Å². The number of hydrogen-bond acceptors (Lipinski definition) is 3. The SMILES string of the molecule is Cc1ccc(CN2C(=O)N[C@]3(CCN(C(=O)c4ccc(Cl)cc4)C3)C2=O)cc1. The van der Waals surface area contributed by atoms with Crippen molar-refractivity contribution in [3.05, 3.63) is 70.2 Å². The number of halogens is 1. The molecule has 0 saturated carbocycles. The molecule has 1 N–H and O–H groups in total. The third-order valence-electron chi connectivity index (χ3n) is 5.35. The van der Waals surface area contributed by atoms with Gasteiger partial charge in [-0.25, -0.2) is 4.79 Å². The van der Waals surface area contributed by atoms with Crippen molar-refractivity contribution < 1.29 is 14.4 Å². The van der Waals surface area contributed by atoms with Crippen molar-refractivity contribution in [2.24, 2.45) is 0 Å². The number of imide groups is 1. The van der Waals surface area contributed by atoms with E-state index in [9.17, 15) is 14.4 Å². The van der Waals surface area contributed by atoms with E-state index in [0.29, 0.717) is 23.6 Å². The first kappa shape index (κ1) is 18.5. The smallest absolute Gasteiger partial charge is 0.325 e. The molecule has 0 aliphatic carbocycles. The van der Waals surface area contributed by atoms with E-state index in [4.69, 9.17) is 11.6 Å². The van der Waals surface area contributed by atoms with Crippen molar-refractivity contribution in [2.75, 3.05) is 13.1 Å². The lowest BCUT2D eigenvalue weighted by Crippen LogP contribution is -2.49. The number of carbonyl (C=O) groups excluding carboxylic acids is 3. The fourth-order valence-corrected chi connectivity index (χ4v) is 3.86. The van der Waals surface area contributed by atoms with Gasteiger partial charge >= 0.3 is 6.03 Å². The number of likely N-dealkylation sites (tertiary alicyclic amines) is 1. The molecule has 1 atom stereocenters. The van der Waals surface area contributed by atoms with Crippen LogP contribution in [0.15, 0.2) is 48.5 Å². The molecule has 2 aromatic carbocycles. The molecule has 1 spiro atoms. The number of nitrogens with zero attached hydrogens (tertiary/aromatic N) is 2. The van der Waals surface area contributed by atoms with Crippen LogP contribution in [0.2, 0.25) is 5.02 Å². The summed E-state index contributed by atoms with van der Waals surface area (Å²) in [5, 5.41) is 3.38. The first-order valence-corrected chi connectivity index (χ1v) is 9.50. The minimum absolute atomic E-state index is 0.170. The number of benzene rings is 2. The van der Waals surface area contributed by atoms with E-state index >= 15 is 0 Å². The number of rotatable bonds is 3. The van der Waals surface area contributed by atoms with Crippen LogP contribution in [0.1, 0.15) is 27.9 Å². The molecule has 2 aliphatic heterocycles. The van der Waals surface area contributed by atoms with Gasteiger partial charge in [-0.3, -0.25) is 14.5 Å². The Morgan fingerprint density at radius 2 is 1.79 bits per heavy atom. The number of carbonyl (C=O) groups is 3. The van der Waals surface area contributed by atoms with Crippen molar-refractivity contribution in [3.8, 4) is 0 Å². The highest BCUT2D eigenvalue weighted by Crippen LogP contribution is 2.30. The minimum atomic E-state index is -1.04. The second-order valence-electron chi connectivity index (χ2n) is 7.37. The van der Waals surface area contributed by atoms with Crippen LogP contribution in [0.25, 0.3) is 0 Å². The summed E-state index contributed by atoms with van der Waals surface area (Å²) in [5.41, 5.74) is 1.47. The van der Waals surface area contributed by atoms with Gasteiger partial charge in [0, 0.05) is 17.1 Å². The minimum Gasteiger partial charge on any atom is -0.336 e. The predicted octanol–water partition coefficient (Wildman–Crippen LogP) is 2.99. The second-order valence-corrected chi connectivity index (χ2v) is 7.81. The summed E-state index contributed by atoms with van der Waals surface area (Å²) in [6.45, 7) is 2.78. The number of urea groups is 1. The van der Waals surface area contributed by atoms with Crippen molar-refractivity contribution in [2.45, 2.75) is 25.4 Å². The maximum Gasteiger partial charge on any atom is 0.325 e. The molecule has 0 aromatic heterocycles. The molecule has 7 heteroatoms. The van der Waals surface area contributed by atoms with E-state index in [0.717, 1.165) is 11.1 Å². The van der Waals surface area contributed by atoms with Crippen LogP contribution < -0.4 is 5.32 Å². The summed E-state index contributed by atoms with van der Waals surface area (Å²) >= 11 is 5.88. The number of nitrogens with one attached hydrogen (secondary N) is 1. The summed E-state index contributed by atoms with van der Waals surface area (Å²) in [4.78, 5) is 41.1. The van der Waals surface area contributed by atoms with Crippen molar-refractivity contribution in [1.82, 2.24) is 15.1 Å². The Kier molecular flexibility index (Phi) is 4.59. The average molecular weight is 398 g/mol. The van der Waals surface area contributed by atoms with E-state index in [2.05, 4.69) is 5.32 Å². The van der Waals surface area contributed by atoms with Crippen LogP contribution in [0, 0.1) is 6.92 Å². The van der Waals surface area contributed by atoms with Crippen LogP contribution in [0.4, 0.5) is 4.79 Å². The maximum absolute atomic E-state index is 13.0. The van der Waals surface area contributed by atoms with Gasteiger partial charge in [-0.05, 0) is 43.2 Å². The Labute approximate surface area is 168 Å². The Balaban J connectivity index is 1.49. The van der Waals surface area contributed by atoms with Crippen LogP contribution in [-0.2, 0) is 11.3 Å². The summed E-state index contributed by atoms with van der Waals surface area (Å²) in [6.07, 6.45) is 0.404. The Hall–Kier alpha value is -2.86. The van der Waals surface area contributed by atoms with E-state index < -0.39 is 11.6 Å². The zero-order valence-electron chi connectivity index (χ0n) is 15.4. The van der Waals surface area contributed by atoms with Gasteiger partial charge in [0.1, 0.15) is 5.54 Å². The molecule has 2 aromatic rings. The topological polar surface area (TPSA) is 69.7 Å². The summed E-state index contributed by atoms with van der Waals surface area (Å²) in [6, 6.07) is 13.9. The monoisotopic (exact) mass is 397 g/mol. The van der Waals surface area contributed by atoms with Gasteiger partial charge in [0.25, 0.3) is 11.8 Å². The standard InChI is InChI=1S/C21H20ClN3O3/c1-14-2-4-15(5-3-14)12-25-19(27)21(23-20(25)28)10-11-24(13-21)18(26)16-6-8-17(22)9-7-16/h2-9H,10-13H2,1H3,(H,23,28)/t21-/m0/s1. The van der Waals surface area contributed by atoms with E-state index in [1.54, 1.807) is 29.2 Å². The largest absolute Gasteiger partial charge is 0.336 e. The van der Waals surface area contributed by atoms with Gasteiger partial charge in [-0.1, -0.05) is 41.4 Å². The molecule has 144 valence electrons. The normalized spacial score (nSPS) is 21.5. The van der Waals surface area contributed by atoms with Gasteiger partial charge in [0.2, 0.25) is 0 Å². The highest BCUT2D eigenvalue weighted by Gasteiger charge is 2.55. The first-order chi connectivity index (χ1) is 13.4. The van der Waals surface area contributed by atoms with Crippen LogP contribution >= 0.6 is 11.6 Å². The molecule has 0 bridgehead atoms. The Bertz CT molecular complexity index is 942. The molecular weight excluding hydrogens is 378 g/mol.